The summed E-state index contributed by atoms with van der Waals surface area (Å²) in [5.74, 6) is -0.0381. The van der Waals surface area contributed by atoms with Crippen LogP contribution in [-0.2, 0) is 4.79 Å². The minimum atomic E-state index is -0.535. The Hall–Kier alpha value is -1.55. The molecule has 0 heterocycles. The van der Waals surface area contributed by atoms with Crippen LogP contribution in [0.3, 0.4) is 0 Å². The number of amides is 1. The third kappa shape index (κ3) is 3.25. The van der Waals surface area contributed by atoms with E-state index in [4.69, 9.17) is 5.73 Å². The smallest absolute Gasteiger partial charge is 0.241 e. The molecule has 0 bridgehead atoms. The zero-order valence-corrected chi connectivity index (χ0v) is 8.90. The van der Waals surface area contributed by atoms with Crippen LogP contribution in [-0.4, -0.2) is 17.1 Å². The maximum atomic E-state index is 11.5. The molecule has 1 aromatic carbocycles. The van der Waals surface area contributed by atoms with Crippen LogP contribution in [0.5, 0.6) is 5.75 Å². The normalized spacial score (nSPS) is 12.5. The number of carbonyl (C=O) groups excluding carboxylic acids is 1. The highest BCUT2D eigenvalue weighted by atomic mass is 16.3. The van der Waals surface area contributed by atoms with E-state index in [2.05, 4.69) is 5.32 Å². The van der Waals surface area contributed by atoms with E-state index >= 15 is 0 Å². The predicted octanol–water partition coefficient (Wildman–Crippen LogP) is 1.31. The molecule has 4 nitrogen and oxygen atoms in total. The summed E-state index contributed by atoms with van der Waals surface area (Å²) in [4.78, 5) is 11.5. The lowest BCUT2D eigenvalue weighted by Gasteiger charge is -2.15. The van der Waals surface area contributed by atoms with Crippen molar-refractivity contribution < 1.29 is 9.90 Å². The summed E-state index contributed by atoms with van der Waals surface area (Å²) in [6.07, 6.45) is 0. The van der Waals surface area contributed by atoms with Crippen LogP contribution in [0.25, 0.3) is 0 Å². The molecule has 0 saturated heterocycles. The molecule has 0 fully saturated rings. The highest BCUT2D eigenvalue weighted by Gasteiger charge is 2.16. The van der Waals surface area contributed by atoms with Gasteiger partial charge in [0.05, 0.1) is 6.04 Å². The number of carbonyl (C=O) groups is 1. The van der Waals surface area contributed by atoms with Gasteiger partial charge in [0.2, 0.25) is 5.91 Å². The molecule has 0 aliphatic carbocycles. The van der Waals surface area contributed by atoms with Crippen molar-refractivity contribution in [3.8, 4) is 5.75 Å². The van der Waals surface area contributed by atoms with Crippen LogP contribution in [0, 0.1) is 5.92 Å². The van der Waals surface area contributed by atoms with Crippen LogP contribution in [0.15, 0.2) is 24.3 Å². The van der Waals surface area contributed by atoms with Gasteiger partial charge in [0.25, 0.3) is 0 Å². The number of aromatic hydroxyl groups is 1. The number of benzene rings is 1. The number of anilines is 1. The number of hydrogen-bond donors (Lipinski definition) is 3. The van der Waals surface area contributed by atoms with Gasteiger partial charge in [-0.25, -0.2) is 0 Å². The Morgan fingerprint density at radius 3 is 2.67 bits per heavy atom. The second-order valence-corrected chi connectivity index (χ2v) is 3.81. The summed E-state index contributed by atoms with van der Waals surface area (Å²) >= 11 is 0. The van der Waals surface area contributed by atoms with E-state index in [1.807, 2.05) is 13.8 Å². The summed E-state index contributed by atoms with van der Waals surface area (Å²) in [5, 5.41) is 11.8. The summed E-state index contributed by atoms with van der Waals surface area (Å²) < 4.78 is 0. The van der Waals surface area contributed by atoms with Gasteiger partial charge in [-0.2, -0.15) is 0 Å². The molecule has 1 atom stereocenters. The van der Waals surface area contributed by atoms with Crippen molar-refractivity contribution in [1.82, 2.24) is 0 Å². The monoisotopic (exact) mass is 208 g/mol. The van der Waals surface area contributed by atoms with Gasteiger partial charge in [0.1, 0.15) is 5.75 Å². The highest BCUT2D eigenvalue weighted by molar-refractivity contribution is 5.94. The Morgan fingerprint density at radius 1 is 1.47 bits per heavy atom. The number of rotatable bonds is 3. The zero-order chi connectivity index (χ0) is 11.4. The van der Waals surface area contributed by atoms with E-state index in [-0.39, 0.29) is 17.6 Å². The molecule has 15 heavy (non-hydrogen) atoms. The van der Waals surface area contributed by atoms with Crippen LogP contribution < -0.4 is 11.1 Å². The van der Waals surface area contributed by atoms with E-state index in [0.717, 1.165) is 0 Å². The van der Waals surface area contributed by atoms with E-state index in [1.54, 1.807) is 12.1 Å². The Balaban J connectivity index is 2.66. The largest absolute Gasteiger partial charge is 0.508 e. The van der Waals surface area contributed by atoms with Crippen LogP contribution in [0.4, 0.5) is 5.69 Å². The first kappa shape index (κ1) is 11.5. The lowest BCUT2D eigenvalue weighted by molar-refractivity contribution is -0.118. The van der Waals surface area contributed by atoms with Crippen molar-refractivity contribution in [2.24, 2.45) is 11.7 Å². The molecule has 0 unspecified atom stereocenters. The predicted molar refractivity (Wildman–Crippen MR) is 59.5 cm³/mol. The van der Waals surface area contributed by atoms with Crippen molar-refractivity contribution in [2.45, 2.75) is 19.9 Å². The SMILES string of the molecule is CC(C)[C@H](N)C(=O)Nc1cccc(O)c1. The van der Waals surface area contributed by atoms with Crippen LogP contribution in [0.1, 0.15) is 13.8 Å². The quantitative estimate of drug-likeness (QED) is 0.701. The fourth-order valence-electron chi connectivity index (χ4n) is 1.11. The molecule has 0 aliphatic heterocycles. The topological polar surface area (TPSA) is 75.4 Å². The molecule has 0 aliphatic rings. The zero-order valence-electron chi connectivity index (χ0n) is 8.90. The third-order valence-corrected chi connectivity index (χ3v) is 2.13. The Labute approximate surface area is 89.1 Å². The molecule has 0 spiro atoms. The molecule has 1 aromatic rings. The van der Waals surface area contributed by atoms with Crippen molar-refractivity contribution in [2.75, 3.05) is 5.32 Å². The van der Waals surface area contributed by atoms with Gasteiger partial charge in [-0.1, -0.05) is 19.9 Å². The lowest BCUT2D eigenvalue weighted by atomic mass is 10.0. The van der Waals surface area contributed by atoms with Crippen molar-refractivity contribution in [1.29, 1.82) is 0 Å². The Morgan fingerprint density at radius 2 is 2.13 bits per heavy atom. The van der Waals surface area contributed by atoms with Gasteiger partial charge in [0, 0.05) is 11.8 Å². The second-order valence-electron chi connectivity index (χ2n) is 3.81. The molecule has 1 amide bonds. The molecular formula is C11H16N2O2. The van der Waals surface area contributed by atoms with Crippen molar-refractivity contribution >= 4 is 11.6 Å². The first-order chi connectivity index (χ1) is 7.00. The van der Waals surface area contributed by atoms with Gasteiger partial charge in [-0.15, -0.1) is 0 Å². The number of nitrogens with two attached hydrogens (primary N) is 1. The van der Waals surface area contributed by atoms with Crippen LogP contribution in [0.2, 0.25) is 0 Å². The molecule has 1 rings (SSSR count). The average molecular weight is 208 g/mol. The minimum Gasteiger partial charge on any atom is -0.508 e. The minimum absolute atomic E-state index is 0.0855. The second kappa shape index (κ2) is 4.79. The van der Waals surface area contributed by atoms with E-state index in [0.29, 0.717) is 5.69 Å². The fraction of sp³-hybridized carbons (Fsp3) is 0.364. The van der Waals surface area contributed by atoms with Gasteiger partial charge in [-0.3, -0.25) is 4.79 Å². The van der Waals surface area contributed by atoms with Gasteiger partial charge in [0.15, 0.2) is 0 Å². The van der Waals surface area contributed by atoms with Crippen molar-refractivity contribution in [3.63, 3.8) is 0 Å². The average Bonchev–Trinajstić information content (AvgIpc) is 2.16. The molecule has 4 N–H and O–H groups in total. The van der Waals surface area contributed by atoms with E-state index in [1.165, 1.54) is 12.1 Å². The lowest BCUT2D eigenvalue weighted by Crippen LogP contribution is -2.39. The third-order valence-electron chi connectivity index (χ3n) is 2.13. The number of hydrogen-bond acceptors (Lipinski definition) is 3. The van der Waals surface area contributed by atoms with E-state index < -0.39 is 6.04 Å². The summed E-state index contributed by atoms with van der Waals surface area (Å²) in [6.45, 7) is 3.76. The number of phenols is 1. The van der Waals surface area contributed by atoms with Gasteiger partial charge >= 0.3 is 0 Å². The number of nitrogens with one attached hydrogen (secondary N) is 1. The summed E-state index contributed by atoms with van der Waals surface area (Å²) in [6, 6.07) is 5.84. The Bertz CT molecular complexity index is 350. The Kier molecular flexibility index (Phi) is 3.68. The highest BCUT2D eigenvalue weighted by Crippen LogP contribution is 2.15. The molecular weight excluding hydrogens is 192 g/mol. The van der Waals surface area contributed by atoms with Gasteiger partial charge in [-0.05, 0) is 18.1 Å². The summed E-state index contributed by atoms with van der Waals surface area (Å²) in [5.41, 5.74) is 6.22. The standard InChI is InChI=1S/C11H16N2O2/c1-7(2)10(12)11(15)13-8-4-3-5-9(14)6-8/h3-7,10,14H,12H2,1-2H3,(H,13,15)/t10-/m0/s1. The summed E-state index contributed by atoms with van der Waals surface area (Å²) in [7, 11) is 0. The first-order valence-electron chi connectivity index (χ1n) is 4.86. The first-order valence-corrected chi connectivity index (χ1v) is 4.86. The maximum Gasteiger partial charge on any atom is 0.241 e. The van der Waals surface area contributed by atoms with Gasteiger partial charge < -0.3 is 16.2 Å². The van der Waals surface area contributed by atoms with Crippen LogP contribution >= 0.6 is 0 Å². The molecule has 4 heteroatoms. The van der Waals surface area contributed by atoms with E-state index in [9.17, 15) is 9.90 Å². The molecule has 0 radical (unpaired) electrons. The maximum absolute atomic E-state index is 11.5. The molecule has 82 valence electrons. The van der Waals surface area contributed by atoms with Crippen molar-refractivity contribution in [3.05, 3.63) is 24.3 Å². The number of phenolic OH excluding ortho intramolecular Hbond substituents is 1. The molecule has 0 saturated carbocycles. The molecule has 0 aromatic heterocycles. The fourth-order valence-corrected chi connectivity index (χ4v) is 1.11.